The van der Waals surface area contributed by atoms with E-state index in [4.69, 9.17) is 16.3 Å². The molecule has 0 bridgehead atoms. The van der Waals surface area contributed by atoms with Crippen LogP contribution in [0.25, 0.3) is 0 Å². The maximum atomic E-state index is 13.1. The molecule has 0 aliphatic carbocycles. The van der Waals surface area contributed by atoms with E-state index in [9.17, 15) is 9.18 Å². The summed E-state index contributed by atoms with van der Waals surface area (Å²) < 4.78 is 18.2. The van der Waals surface area contributed by atoms with E-state index in [0.717, 1.165) is 5.56 Å². The molecule has 0 saturated carbocycles. The molecule has 0 aromatic heterocycles. The number of amides is 2. The summed E-state index contributed by atoms with van der Waals surface area (Å²) in [5.74, 6) is -0.168. The van der Waals surface area contributed by atoms with Crippen molar-refractivity contribution in [3.63, 3.8) is 0 Å². The molecule has 116 valence electrons. The second-order valence-corrected chi connectivity index (χ2v) is 5.13. The van der Waals surface area contributed by atoms with Crippen molar-refractivity contribution in [3.8, 4) is 5.75 Å². The Hall–Kier alpha value is -2.27. The van der Waals surface area contributed by atoms with Gasteiger partial charge in [0.25, 0.3) is 0 Å². The van der Waals surface area contributed by atoms with Crippen LogP contribution in [0.4, 0.5) is 14.9 Å². The van der Waals surface area contributed by atoms with Crippen molar-refractivity contribution in [2.75, 3.05) is 19.5 Å². The Morgan fingerprint density at radius 1 is 1.32 bits per heavy atom. The van der Waals surface area contributed by atoms with Crippen LogP contribution in [0.15, 0.2) is 42.5 Å². The monoisotopic (exact) mass is 322 g/mol. The van der Waals surface area contributed by atoms with Crippen LogP contribution in [0.3, 0.4) is 0 Å². The topological polar surface area (TPSA) is 41.6 Å². The van der Waals surface area contributed by atoms with Crippen LogP contribution in [-0.4, -0.2) is 25.1 Å². The number of halogens is 2. The van der Waals surface area contributed by atoms with Crippen LogP contribution in [0.2, 0.25) is 5.02 Å². The molecule has 0 aliphatic heterocycles. The van der Waals surface area contributed by atoms with Crippen molar-refractivity contribution < 1.29 is 13.9 Å². The Labute approximate surface area is 133 Å². The Kier molecular flexibility index (Phi) is 5.22. The van der Waals surface area contributed by atoms with Gasteiger partial charge in [-0.3, -0.25) is 0 Å². The average Bonchev–Trinajstić information content (AvgIpc) is 2.51. The number of methoxy groups -OCH3 is 1. The van der Waals surface area contributed by atoms with Crippen LogP contribution in [0.1, 0.15) is 5.56 Å². The maximum absolute atomic E-state index is 13.1. The molecule has 2 rings (SSSR count). The lowest BCUT2D eigenvalue weighted by Gasteiger charge is -2.19. The van der Waals surface area contributed by atoms with E-state index in [0.29, 0.717) is 17.3 Å². The largest absolute Gasteiger partial charge is 0.494 e. The number of ether oxygens (including phenoxy) is 1. The van der Waals surface area contributed by atoms with Gasteiger partial charge >= 0.3 is 6.03 Å². The van der Waals surface area contributed by atoms with E-state index in [2.05, 4.69) is 5.32 Å². The second kappa shape index (κ2) is 7.13. The highest BCUT2D eigenvalue weighted by molar-refractivity contribution is 6.31. The van der Waals surface area contributed by atoms with Gasteiger partial charge in [-0.25, -0.2) is 9.18 Å². The number of benzene rings is 2. The summed E-state index contributed by atoms with van der Waals surface area (Å²) in [6, 6.07) is 10.9. The van der Waals surface area contributed by atoms with Gasteiger partial charge in [0.05, 0.1) is 12.8 Å². The molecule has 2 amide bonds. The van der Waals surface area contributed by atoms with E-state index >= 15 is 0 Å². The number of rotatable bonds is 4. The molecule has 6 heteroatoms. The molecule has 4 nitrogen and oxygen atoms in total. The van der Waals surface area contributed by atoms with Gasteiger partial charge < -0.3 is 15.0 Å². The molecule has 0 atom stereocenters. The third-order valence-electron chi connectivity index (χ3n) is 3.12. The first kappa shape index (κ1) is 16.1. The van der Waals surface area contributed by atoms with Crippen LogP contribution in [0, 0.1) is 5.82 Å². The van der Waals surface area contributed by atoms with Crippen molar-refractivity contribution in [1.29, 1.82) is 0 Å². The Balaban J connectivity index is 2.07. The smallest absolute Gasteiger partial charge is 0.321 e. The molecular weight excluding hydrogens is 307 g/mol. The van der Waals surface area contributed by atoms with Gasteiger partial charge in [0.1, 0.15) is 11.6 Å². The molecule has 0 saturated heterocycles. The lowest BCUT2D eigenvalue weighted by molar-refractivity contribution is 0.220. The normalized spacial score (nSPS) is 10.2. The van der Waals surface area contributed by atoms with E-state index in [1.807, 2.05) is 18.2 Å². The fourth-order valence-corrected chi connectivity index (χ4v) is 2.13. The average molecular weight is 323 g/mol. The fourth-order valence-electron chi connectivity index (χ4n) is 1.93. The second-order valence-electron chi connectivity index (χ2n) is 4.72. The number of hydrogen-bond acceptors (Lipinski definition) is 2. The molecule has 0 fully saturated rings. The number of urea groups is 1. The van der Waals surface area contributed by atoms with Crippen molar-refractivity contribution in [2.24, 2.45) is 0 Å². The molecule has 22 heavy (non-hydrogen) atoms. The summed E-state index contributed by atoms with van der Waals surface area (Å²) in [4.78, 5) is 13.7. The van der Waals surface area contributed by atoms with Gasteiger partial charge in [0, 0.05) is 24.7 Å². The van der Waals surface area contributed by atoms with Crippen molar-refractivity contribution >= 4 is 23.3 Å². The van der Waals surface area contributed by atoms with Gasteiger partial charge in [-0.15, -0.1) is 0 Å². The van der Waals surface area contributed by atoms with Crippen LogP contribution in [0.5, 0.6) is 5.75 Å². The SMILES string of the molecule is COc1cc(F)ccc1NC(=O)N(C)Cc1ccccc1Cl. The summed E-state index contributed by atoms with van der Waals surface area (Å²) in [6.07, 6.45) is 0. The summed E-state index contributed by atoms with van der Waals surface area (Å²) >= 11 is 6.08. The zero-order valence-corrected chi connectivity index (χ0v) is 13.0. The van der Waals surface area contributed by atoms with E-state index in [1.165, 1.54) is 30.2 Å². The quantitative estimate of drug-likeness (QED) is 0.918. The zero-order valence-electron chi connectivity index (χ0n) is 12.3. The van der Waals surface area contributed by atoms with Crippen LogP contribution >= 0.6 is 11.6 Å². The van der Waals surface area contributed by atoms with E-state index < -0.39 is 5.82 Å². The minimum atomic E-state index is -0.431. The molecule has 1 N–H and O–H groups in total. The van der Waals surface area contributed by atoms with Gasteiger partial charge in [-0.05, 0) is 23.8 Å². The zero-order chi connectivity index (χ0) is 16.1. The summed E-state index contributed by atoms with van der Waals surface area (Å²) in [7, 11) is 3.06. The molecule has 2 aromatic carbocycles. The Morgan fingerprint density at radius 3 is 2.73 bits per heavy atom. The van der Waals surface area contributed by atoms with Crippen LogP contribution < -0.4 is 10.1 Å². The maximum Gasteiger partial charge on any atom is 0.321 e. The first-order valence-corrected chi connectivity index (χ1v) is 6.98. The Morgan fingerprint density at radius 2 is 2.05 bits per heavy atom. The predicted molar refractivity (Wildman–Crippen MR) is 84.9 cm³/mol. The van der Waals surface area contributed by atoms with Crippen LogP contribution in [-0.2, 0) is 6.54 Å². The lowest BCUT2D eigenvalue weighted by Crippen LogP contribution is -2.31. The number of carbonyl (C=O) groups excluding carboxylic acids is 1. The van der Waals surface area contributed by atoms with Gasteiger partial charge in [0.2, 0.25) is 0 Å². The number of hydrogen-bond donors (Lipinski definition) is 1. The number of nitrogens with one attached hydrogen (secondary N) is 1. The molecule has 0 heterocycles. The number of carbonyl (C=O) groups is 1. The first-order valence-electron chi connectivity index (χ1n) is 6.60. The Bertz CT molecular complexity index is 679. The van der Waals surface area contributed by atoms with Crippen molar-refractivity contribution in [1.82, 2.24) is 4.90 Å². The summed E-state index contributed by atoms with van der Waals surface area (Å²) in [5.41, 5.74) is 1.24. The van der Waals surface area contributed by atoms with E-state index in [1.54, 1.807) is 13.1 Å². The highest BCUT2D eigenvalue weighted by Crippen LogP contribution is 2.25. The summed E-state index contributed by atoms with van der Waals surface area (Å²) in [6.45, 7) is 0.356. The predicted octanol–water partition coefficient (Wildman–Crippen LogP) is 4.15. The fraction of sp³-hybridized carbons (Fsp3) is 0.188. The van der Waals surface area contributed by atoms with E-state index in [-0.39, 0.29) is 11.8 Å². The minimum Gasteiger partial charge on any atom is -0.494 e. The molecule has 2 aromatic rings. The molecule has 0 aliphatic rings. The molecule has 0 spiro atoms. The van der Waals surface area contributed by atoms with Crippen molar-refractivity contribution in [2.45, 2.75) is 6.54 Å². The summed E-state index contributed by atoms with van der Waals surface area (Å²) in [5, 5.41) is 3.28. The standard InChI is InChI=1S/C16H16ClFN2O2/c1-20(10-11-5-3-4-6-13(11)17)16(21)19-14-8-7-12(18)9-15(14)22-2/h3-9H,10H2,1-2H3,(H,19,21). The van der Waals surface area contributed by atoms with Gasteiger partial charge in [-0.2, -0.15) is 0 Å². The van der Waals surface area contributed by atoms with Crippen molar-refractivity contribution in [3.05, 3.63) is 58.9 Å². The molecule has 0 radical (unpaired) electrons. The molecular formula is C16H16ClFN2O2. The highest BCUT2D eigenvalue weighted by Gasteiger charge is 2.13. The number of anilines is 1. The first-order chi connectivity index (χ1) is 10.5. The minimum absolute atomic E-state index is 0.263. The highest BCUT2D eigenvalue weighted by atomic mass is 35.5. The third-order valence-corrected chi connectivity index (χ3v) is 3.49. The lowest BCUT2D eigenvalue weighted by atomic mass is 10.2. The van der Waals surface area contributed by atoms with Gasteiger partial charge in [0.15, 0.2) is 0 Å². The molecule has 0 unspecified atom stereocenters. The number of nitrogens with zero attached hydrogens (tertiary/aromatic N) is 1. The third kappa shape index (κ3) is 3.89. The van der Waals surface area contributed by atoms with Gasteiger partial charge in [-0.1, -0.05) is 29.8 Å².